The van der Waals surface area contributed by atoms with Crippen molar-refractivity contribution < 1.29 is 14.7 Å². The topological polar surface area (TPSA) is 101 Å². The summed E-state index contributed by atoms with van der Waals surface area (Å²) in [5.74, 6) is -1.45. The Morgan fingerprint density at radius 1 is 1.28 bits per heavy atom. The van der Waals surface area contributed by atoms with Gasteiger partial charge in [0.25, 0.3) is 5.56 Å². The molecule has 0 unspecified atom stereocenters. The number of carboxylic acids is 1. The molecular formula is C17H15N3O4S. The highest BCUT2D eigenvalue weighted by Gasteiger charge is 2.19. The molecule has 0 saturated carbocycles. The summed E-state index contributed by atoms with van der Waals surface area (Å²) in [4.78, 5) is 40.6. The number of rotatable bonds is 4. The Balaban J connectivity index is 1.92. The van der Waals surface area contributed by atoms with Crippen LogP contribution in [-0.4, -0.2) is 26.5 Å². The molecule has 0 fully saturated rings. The molecule has 0 atom stereocenters. The summed E-state index contributed by atoms with van der Waals surface area (Å²) in [6.45, 7) is 3.24. The molecule has 1 amide bonds. The number of carbonyl (C=O) groups excluding carboxylic acids is 1. The highest BCUT2D eigenvalue weighted by atomic mass is 32.1. The number of aromatic nitrogens is 2. The molecule has 0 saturated heterocycles. The maximum absolute atomic E-state index is 12.6. The monoisotopic (exact) mass is 357 g/mol. The van der Waals surface area contributed by atoms with Gasteiger partial charge in [0.05, 0.1) is 11.7 Å². The van der Waals surface area contributed by atoms with Gasteiger partial charge in [-0.05, 0) is 31.0 Å². The molecule has 2 heterocycles. The van der Waals surface area contributed by atoms with Gasteiger partial charge in [-0.1, -0.05) is 18.2 Å². The number of thiophene rings is 1. The van der Waals surface area contributed by atoms with Gasteiger partial charge >= 0.3 is 5.97 Å². The van der Waals surface area contributed by atoms with E-state index in [0.29, 0.717) is 16.1 Å². The lowest BCUT2D eigenvalue weighted by Crippen LogP contribution is -2.28. The van der Waals surface area contributed by atoms with Crippen LogP contribution in [0.3, 0.4) is 0 Å². The Kier molecular flexibility index (Phi) is 4.37. The molecule has 128 valence electrons. The average molecular weight is 357 g/mol. The third-order valence-corrected chi connectivity index (χ3v) is 5.03. The van der Waals surface area contributed by atoms with E-state index >= 15 is 0 Å². The van der Waals surface area contributed by atoms with Crippen LogP contribution in [0.5, 0.6) is 0 Å². The predicted octanol–water partition coefficient (Wildman–Crippen LogP) is 2.41. The smallest absolute Gasteiger partial charge is 0.346 e. The van der Waals surface area contributed by atoms with E-state index in [9.17, 15) is 19.5 Å². The summed E-state index contributed by atoms with van der Waals surface area (Å²) in [7, 11) is 0. The number of amides is 1. The first-order valence-electron chi connectivity index (χ1n) is 7.45. The van der Waals surface area contributed by atoms with Crippen molar-refractivity contribution >= 4 is 39.1 Å². The van der Waals surface area contributed by atoms with E-state index in [-0.39, 0.29) is 22.7 Å². The SMILES string of the molecule is Cc1ccccc1NC(=O)Cn1cnc2sc(C(=O)O)c(C)c2c1=O. The molecule has 7 nitrogen and oxygen atoms in total. The van der Waals surface area contributed by atoms with Crippen molar-refractivity contribution in [2.75, 3.05) is 5.32 Å². The molecule has 2 aromatic heterocycles. The van der Waals surface area contributed by atoms with Gasteiger partial charge in [-0.2, -0.15) is 0 Å². The Morgan fingerprint density at radius 2 is 2.00 bits per heavy atom. The van der Waals surface area contributed by atoms with Crippen LogP contribution in [0.1, 0.15) is 20.8 Å². The summed E-state index contributed by atoms with van der Waals surface area (Å²) < 4.78 is 1.18. The lowest BCUT2D eigenvalue weighted by atomic mass is 10.2. The van der Waals surface area contributed by atoms with E-state index in [1.54, 1.807) is 13.0 Å². The molecule has 0 aliphatic rings. The molecule has 0 bridgehead atoms. The minimum atomic E-state index is -1.09. The van der Waals surface area contributed by atoms with E-state index < -0.39 is 11.5 Å². The van der Waals surface area contributed by atoms with Gasteiger partial charge in [0, 0.05) is 5.69 Å². The number of hydrogen-bond donors (Lipinski definition) is 2. The minimum Gasteiger partial charge on any atom is -0.477 e. The molecule has 0 spiro atoms. The fourth-order valence-corrected chi connectivity index (χ4v) is 3.51. The summed E-state index contributed by atoms with van der Waals surface area (Å²) in [6, 6.07) is 7.33. The van der Waals surface area contributed by atoms with Gasteiger partial charge in [-0.25, -0.2) is 9.78 Å². The lowest BCUT2D eigenvalue weighted by Gasteiger charge is -2.09. The van der Waals surface area contributed by atoms with Crippen molar-refractivity contribution in [1.82, 2.24) is 9.55 Å². The highest BCUT2D eigenvalue weighted by molar-refractivity contribution is 7.20. The number of carbonyl (C=O) groups is 2. The summed E-state index contributed by atoms with van der Waals surface area (Å²) >= 11 is 0.954. The number of anilines is 1. The Bertz CT molecular complexity index is 1050. The molecule has 1 aromatic carbocycles. The number of nitrogens with one attached hydrogen (secondary N) is 1. The Morgan fingerprint density at radius 3 is 2.68 bits per heavy atom. The zero-order chi connectivity index (χ0) is 18.1. The Labute approximate surface area is 146 Å². The van der Waals surface area contributed by atoms with Crippen LogP contribution < -0.4 is 10.9 Å². The molecule has 25 heavy (non-hydrogen) atoms. The summed E-state index contributed by atoms with van der Waals surface area (Å²) in [5, 5.41) is 12.2. The van der Waals surface area contributed by atoms with Gasteiger partial charge in [-0.3, -0.25) is 14.2 Å². The number of aryl methyl sites for hydroxylation is 2. The summed E-state index contributed by atoms with van der Waals surface area (Å²) in [6.07, 6.45) is 1.27. The Hall–Kier alpha value is -3.00. The van der Waals surface area contributed by atoms with E-state index in [4.69, 9.17) is 0 Å². The third kappa shape index (κ3) is 3.16. The van der Waals surface area contributed by atoms with Crippen molar-refractivity contribution in [3.8, 4) is 0 Å². The van der Waals surface area contributed by atoms with Crippen LogP contribution in [0.25, 0.3) is 10.2 Å². The molecule has 8 heteroatoms. The minimum absolute atomic E-state index is 0.0849. The number of hydrogen-bond acceptors (Lipinski definition) is 5. The standard InChI is InChI=1S/C17H15N3O4S/c1-9-5-3-4-6-11(9)19-12(21)7-20-8-18-15-13(16(20)22)10(2)14(25-15)17(23)24/h3-6,8H,7H2,1-2H3,(H,19,21)(H,23,24). The summed E-state index contributed by atoms with van der Waals surface area (Å²) in [5.41, 5.74) is 1.54. The predicted molar refractivity (Wildman–Crippen MR) is 95.4 cm³/mol. The number of carboxylic acid groups (broad SMARTS) is 1. The zero-order valence-electron chi connectivity index (χ0n) is 13.6. The molecule has 3 rings (SSSR count). The molecule has 0 aliphatic carbocycles. The molecule has 3 aromatic rings. The molecular weight excluding hydrogens is 342 g/mol. The van der Waals surface area contributed by atoms with Crippen molar-refractivity contribution in [1.29, 1.82) is 0 Å². The van der Waals surface area contributed by atoms with Crippen molar-refractivity contribution in [3.63, 3.8) is 0 Å². The first kappa shape index (κ1) is 16.8. The van der Waals surface area contributed by atoms with Crippen LogP contribution in [0.4, 0.5) is 5.69 Å². The van der Waals surface area contributed by atoms with Crippen molar-refractivity contribution in [2.24, 2.45) is 0 Å². The number of benzene rings is 1. The van der Waals surface area contributed by atoms with Crippen molar-refractivity contribution in [3.05, 3.63) is 57.0 Å². The number of fused-ring (bicyclic) bond motifs is 1. The van der Waals surface area contributed by atoms with Crippen LogP contribution in [-0.2, 0) is 11.3 Å². The van der Waals surface area contributed by atoms with Crippen LogP contribution in [0.15, 0.2) is 35.4 Å². The normalized spacial score (nSPS) is 10.8. The molecule has 2 N–H and O–H groups in total. The number of aromatic carboxylic acids is 1. The second-order valence-electron chi connectivity index (χ2n) is 5.58. The van der Waals surface area contributed by atoms with E-state index in [2.05, 4.69) is 10.3 Å². The van der Waals surface area contributed by atoms with Gasteiger partial charge in [-0.15, -0.1) is 11.3 Å². The first-order chi connectivity index (χ1) is 11.9. The van der Waals surface area contributed by atoms with E-state index in [1.807, 2.05) is 25.1 Å². The van der Waals surface area contributed by atoms with E-state index in [1.165, 1.54) is 10.9 Å². The van der Waals surface area contributed by atoms with Gasteiger partial charge in [0.2, 0.25) is 5.91 Å². The lowest BCUT2D eigenvalue weighted by molar-refractivity contribution is -0.116. The quantitative estimate of drug-likeness (QED) is 0.747. The number of para-hydroxylation sites is 1. The average Bonchev–Trinajstić information content (AvgIpc) is 2.90. The maximum Gasteiger partial charge on any atom is 0.346 e. The largest absolute Gasteiger partial charge is 0.477 e. The van der Waals surface area contributed by atoms with Crippen LogP contribution in [0, 0.1) is 13.8 Å². The highest BCUT2D eigenvalue weighted by Crippen LogP contribution is 2.26. The van der Waals surface area contributed by atoms with Gasteiger partial charge in [0.15, 0.2) is 0 Å². The maximum atomic E-state index is 12.6. The fraction of sp³-hybridized carbons (Fsp3) is 0.176. The van der Waals surface area contributed by atoms with Crippen LogP contribution >= 0.6 is 11.3 Å². The third-order valence-electron chi connectivity index (χ3n) is 3.84. The van der Waals surface area contributed by atoms with Crippen molar-refractivity contribution in [2.45, 2.75) is 20.4 Å². The van der Waals surface area contributed by atoms with Gasteiger partial charge < -0.3 is 10.4 Å². The second kappa shape index (κ2) is 6.48. The molecule has 0 radical (unpaired) electrons. The fourth-order valence-electron chi connectivity index (χ4n) is 2.53. The zero-order valence-corrected chi connectivity index (χ0v) is 14.4. The second-order valence-corrected chi connectivity index (χ2v) is 6.58. The van der Waals surface area contributed by atoms with Crippen LogP contribution in [0.2, 0.25) is 0 Å². The van der Waals surface area contributed by atoms with E-state index in [0.717, 1.165) is 16.9 Å². The first-order valence-corrected chi connectivity index (χ1v) is 8.27. The number of nitrogens with zero attached hydrogens (tertiary/aromatic N) is 2. The van der Waals surface area contributed by atoms with Gasteiger partial charge in [0.1, 0.15) is 16.3 Å². The molecule has 0 aliphatic heterocycles.